The molecule has 4 aromatic carbocycles. The predicted molar refractivity (Wildman–Crippen MR) is 444 cm³/mol. The Morgan fingerprint density at radius 1 is 0.639 bits per heavy atom. The maximum Gasteiger partial charge on any atom is 0.410 e. The van der Waals surface area contributed by atoms with Gasteiger partial charge in [-0.3, -0.25) is 52.8 Å². The molecule has 119 heavy (non-hydrogen) atoms. The summed E-state index contributed by atoms with van der Waals surface area (Å²) in [4.78, 5) is 157. The average molecular weight is 1680 g/mol. The van der Waals surface area contributed by atoms with Crippen LogP contribution < -0.4 is 37.2 Å². The number of rotatable bonds is 41. The van der Waals surface area contributed by atoms with Crippen LogP contribution in [0.2, 0.25) is 0 Å². The van der Waals surface area contributed by atoms with Gasteiger partial charge in [0.25, 0.3) is 5.91 Å². The van der Waals surface area contributed by atoms with Crippen molar-refractivity contribution in [1.29, 1.82) is 0 Å². The van der Waals surface area contributed by atoms with Gasteiger partial charge in [0, 0.05) is 70.6 Å². The van der Waals surface area contributed by atoms with E-state index in [1.54, 1.807) is 109 Å². The molecule has 658 valence electrons. The number of carbonyl (C=O) groups is 11. The summed E-state index contributed by atoms with van der Waals surface area (Å²) >= 11 is 0. The van der Waals surface area contributed by atoms with Crippen molar-refractivity contribution in [1.82, 2.24) is 46.6 Å². The molecule has 2 fully saturated rings. The first kappa shape index (κ1) is 98.5. The molecule has 0 aliphatic carbocycles. The molecule has 2 aliphatic rings. The molecule has 0 bridgehead atoms. The third-order valence-corrected chi connectivity index (χ3v) is 23.3. The average Bonchev–Trinajstić information content (AvgIpc) is 1.69. The highest BCUT2D eigenvalue weighted by Gasteiger charge is 2.43. The number of benzene rings is 4. The lowest BCUT2D eigenvalue weighted by atomic mass is 9.90. The van der Waals surface area contributed by atoms with Crippen molar-refractivity contribution in [3.8, 4) is 0 Å². The molecule has 33 heteroatoms. The number of Topliss-reactive ketones (excluding diaryl/α,β-unsaturated/α-hetero) is 1. The van der Waals surface area contributed by atoms with Gasteiger partial charge in [-0.05, 0) is 105 Å². The number of carbonyl (C=O) groups excluding carboxylic acids is 11. The lowest BCUT2D eigenvalue weighted by Crippen LogP contribution is -2.56. The number of hydrogen-bond donors (Lipinski definition) is 8. The molecule has 0 saturated carbocycles. The number of amides is 10. The van der Waals surface area contributed by atoms with Gasteiger partial charge in [-0.15, -0.1) is 0 Å². The van der Waals surface area contributed by atoms with E-state index >= 15 is 0 Å². The minimum Gasteiger partial charge on any atom is -0.445 e. The molecule has 13 atom stereocenters. The number of likely N-dealkylation sites (tertiary alicyclic amines) is 1. The van der Waals surface area contributed by atoms with Crippen LogP contribution >= 0.6 is 0 Å². The van der Waals surface area contributed by atoms with Crippen LogP contribution in [0.15, 0.2) is 108 Å². The van der Waals surface area contributed by atoms with E-state index in [9.17, 15) is 66.3 Å². The van der Waals surface area contributed by atoms with E-state index in [-0.39, 0.29) is 106 Å². The molecule has 6 rings (SSSR count). The maximum atomic E-state index is 14.4. The molecule has 8 N–H and O–H groups in total. The lowest BCUT2D eigenvalue weighted by Gasteiger charge is -2.39. The van der Waals surface area contributed by atoms with Crippen LogP contribution in [0, 0.1) is 36.5 Å². The summed E-state index contributed by atoms with van der Waals surface area (Å²) in [6.45, 7) is 19.3. The van der Waals surface area contributed by atoms with Gasteiger partial charge in [-0.1, -0.05) is 134 Å². The minimum absolute atomic E-state index is 0.0482. The predicted octanol–water partition coefficient (Wildman–Crippen LogP) is 5.90. The third-order valence-electron chi connectivity index (χ3n) is 21.5. The second-order valence-corrected chi connectivity index (χ2v) is 33.0. The molecule has 2 saturated heterocycles. The van der Waals surface area contributed by atoms with Gasteiger partial charge in [-0.25, -0.2) is 13.2 Å². The Bertz CT molecular complexity index is 4010. The van der Waals surface area contributed by atoms with Crippen molar-refractivity contribution in [2.24, 2.45) is 29.6 Å². The fraction of sp³-hybridized carbons (Fsp3) is 0.593. The summed E-state index contributed by atoms with van der Waals surface area (Å²) < 4.78 is 72.7. The number of sulfone groups is 1. The number of aliphatic hydroxyl groups excluding tert-OH is 1. The summed E-state index contributed by atoms with van der Waals surface area (Å²) in [5.74, 6) is -8.63. The van der Waals surface area contributed by atoms with Crippen LogP contribution in [0.5, 0.6) is 0 Å². The number of aryl methyl sites for hydroxylation is 1. The largest absolute Gasteiger partial charge is 0.445 e. The Morgan fingerprint density at radius 2 is 1.25 bits per heavy atom. The molecule has 32 nitrogen and oxygen atoms in total. The first-order valence-electron chi connectivity index (χ1n) is 41.0. The van der Waals surface area contributed by atoms with Crippen molar-refractivity contribution >= 4 is 80.6 Å². The summed E-state index contributed by atoms with van der Waals surface area (Å²) in [7, 11) is 2.16. The van der Waals surface area contributed by atoms with Crippen LogP contribution in [0.1, 0.15) is 151 Å². The van der Waals surface area contributed by atoms with Gasteiger partial charge in [0.05, 0.1) is 138 Å². The van der Waals surface area contributed by atoms with Crippen molar-refractivity contribution in [2.75, 3.05) is 125 Å². The Balaban J connectivity index is 0.992. The van der Waals surface area contributed by atoms with Crippen molar-refractivity contribution in [2.45, 2.75) is 186 Å². The molecular formula is C86H126N10O22S. The number of methoxy groups -OCH3 is 2. The van der Waals surface area contributed by atoms with Crippen LogP contribution in [0.3, 0.4) is 0 Å². The maximum absolute atomic E-state index is 14.4. The number of aliphatic hydroxyl groups is 1. The molecular weight excluding hydrogens is 1560 g/mol. The zero-order valence-corrected chi connectivity index (χ0v) is 72.1. The Labute approximate surface area is 699 Å². The third kappa shape index (κ3) is 31.0. The standard InChI is InChI=1S/C86H126N10O22S/c1-15-57(8)77(70(111-13)47-73(99)96-38-20-23-69(96)80(112-14)58(9)81(103)90-59(10)78(101)62-21-18-17-19-22-62)94(11)74(100)50-89-85(107)76(55(5)6)95(12)86(108)118-51-60-26-32-65(33-27-60)91-72(98)49-88-84(106)75(54(3)4)93-71(97)37-36-68(83(105)87-48-66-52-116-44-43-114-40-39-113-41-42-115-45-46-117-66)92-82(104)64-30-28-63(29-31-64)79(102)61(16-2)53-119(109,110)67-34-24-56(7)25-35-67/h17-19,21-22,24-35,54-55,57-59,61,66,68-70,75-78,80,101H,15-16,20,23,36-53H2,1-14H3,(H,87,105)(H,88,106)(H,89,107)(H,90,103)(H,91,98)(H,92,104)(H,93,97)/t57-,58+,59+,61?,66?,68-,69+,70+,75+,76-,77?,78+,80-/m1/s1. The van der Waals surface area contributed by atoms with Gasteiger partial charge in [0.15, 0.2) is 15.6 Å². The Kier molecular flexibility index (Phi) is 41.4. The lowest BCUT2D eigenvalue weighted by molar-refractivity contribution is -0.146. The molecule has 3 unspecified atom stereocenters. The summed E-state index contributed by atoms with van der Waals surface area (Å²) in [6, 6.07) is 22.0. The number of likely N-dealkylation sites (N-methyl/N-ethyl adjacent to an activating group) is 2. The molecule has 0 radical (unpaired) electrons. The van der Waals surface area contributed by atoms with E-state index in [0.29, 0.717) is 69.0 Å². The monoisotopic (exact) mass is 1680 g/mol. The zero-order chi connectivity index (χ0) is 87.5. The summed E-state index contributed by atoms with van der Waals surface area (Å²) in [5, 5.41) is 30.0. The Hall–Kier alpha value is -9.32. The van der Waals surface area contributed by atoms with E-state index in [4.69, 9.17) is 37.9 Å². The second-order valence-electron chi connectivity index (χ2n) is 31.0. The number of nitrogens with one attached hydrogen (secondary N) is 7. The molecule has 0 aromatic heterocycles. The number of hydrogen-bond acceptors (Lipinski definition) is 22. The number of ketones is 1. The van der Waals surface area contributed by atoms with E-state index in [1.165, 1.54) is 62.6 Å². The SMILES string of the molecule is CCC(CS(=O)(=O)c1ccc(C)cc1)C(=O)c1ccc(C(=O)N[C@H](CCC(=O)N[C@H](C(=O)NCC(=O)Nc2ccc(COC(=O)N(C)[C@@H](C(=O)NCC(=O)N(C)C([C@H](C)CC)[C@H](CC(=O)N3CCC[C@H]3[C@H](OC)[C@H](C)C(=O)N[C@@H](C)[C@H](O)c3ccccc3)OC)C(C)C)cc2)C(C)C)C(=O)NCC2COCCOCCOCCOCCO2)cc1. The van der Waals surface area contributed by atoms with E-state index < -0.39 is 166 Å². The van der Waals surface area contributed by atoms with Crippen LogP contribution in [-0.4, -0.2) is 268 Å². The summed E-state index contributed by atoms with van der Waals surface area (Å²) in [6.07, 6.45) is -2.55. The van der Waals surface area contributed by atoms with Crippen molar-refractivity contribution in [3.05, 3.63) is 131 Å². The van der Waals surface area contributed by atoms with Gasteiger partial charge in [0.2, 0.25) is 47.3 Å². The van der Waals surface area contributed by atoms with Gasteiger partial charge < -0.3 is 90.0 Å². The molecule has 10 amide bonds. The fourth-order valence-electron chi connectivity index (χ4n) is 14.3. The van der Waals surface area contributed by atoms with Crippen molar-refractivity contribution < 1.29 is 104 Å². The Morgan fingerprint density at radius 3 is 1.85 bits per heavy atom. The molecule has 2 aliphatic heterocycles. The number of nitrogens with zero attached hydrogens (tertiary/aromatic N) is 3. The van der Waals surface area contributed by atoms with E-state index in [2.05, 4.69) is 37.2 Å². The molecule has 2 heterocycles. The quantitative estimate of drug-likeness (QED) is 0.0240. The first-order valence-corrected chi connectivity index (χ1v) is 42.6. The fourth-order valence-corrected chi connectivity index (χ4v) is 15.9. The number of ether oxygens (including phenoxy) is 8. The molecule has 0 spiro atoms. The normalized spacial score (nSPS) is 17.9. The van der Waals surface area contributed by atoms with Crippen LogP contribution in [0.4, 0.5) is 10.5 Å². The van der Waals surface area contributed by atoms with Crippen molar-refractivity contribution in [3.63, 3.8) is 0 Å². The highest BCUT2D eigenvalue weighted by Crippen LogP contribution is 2.31. The zero-order valence-electron chi connectivity index (χ0n) is 71.3. The van der Waals surface area contributed by atoms with Gasteiger partial charge in [-0.2, -0.15) is 0 Å². The second kappa shape index (κ2) is 50.0. The molecule has 4 aromatic rings. The van der Waals surface area contributed by atoms with Gasteiger partial charge >= 0.3 is 6.09 Å². The summed E-state index contributed by atoms with van der Waals surface area (Å²) in [5.41, 5.74) is 2.59. The highest BCUT2D eigenvalue weighted by molar-refractivity contribution is 7.91. The van der Waals surface area contributed by atoms with Crippen LogP contribution in [0.25, 0.3) is 0 Å². The van der Waals surface area contributed by atoms with E-state index in [0.717, 1.165) is 10.5 Å². The van der Waals surface area contributed by atoms with E-state index in [1.807, 2.05) is 39.0 Å². The topological polar surface area (TPSA) is 410 Å². The first-order chi connectivity index (χ1) is 56.7. The smallest absolute Gasteiger partial charge is 0.410 e. The van der Waals surface area contributed by atoms with Gasteiger partial charge in [0.1, 0.15) is 24.7 Å². The highest BCUT2D eigenvalue weighted by atomic mass is 32.2. The number of anilines is 1. The van der Waals surface area contributed by atoms with Crippen LogP contribution in [-0.2, 0) is 92.7 Å². The minimum atomic E-state index is -3.83.